The molecule has 0 bridgehead atoms. The zero-order chi connectivity index (χ0) is 23.2. The van der Waals surface area contributed by atoms with Crippen molar-refractivity contribution >= 4 is 31.4 Å². The molecule has 1 heterocycles. The second kappa shape index (κ2) is 10.7. The van der Waals surface area contributed by atoms with Gasteiger partial charge in [-0.1, -0.05) is 43.3 Å². The highest BCUT2D eigenvalue weighted by Gasteiger charge is 2.26. The fourth-order valence-electron chi connectivity index (χ4n) is 3.12. The summed E-state index contributed by atoms with van der Waals surface area (Å²) in [5.74, 6) is 0. The Morgan fingerprint density at radius 3 is 2.16 bits per heavy atom. The van der Waals surface area contributed by atoms with Crippen LogP contribution in [0.15, 0.2) is 81.9 Å². The maximum atomic E-state index is 13.4. The van der Waals surface area contributed by atoms with Gasteiger partial charge in [0.2, 0.25) is 20.0 Å². The summed E-state index contributed by atoms with van der Waals surface area (Å²) in [7, 11) is -7.51. The van der Waals surface area contributed by atoms with Gasteiger partial charge in [-0.25, -0.2) is 21.6 Å². The van der Waals surface area contributed by atoms with Gasteiger partial charge in [0.1, 0.15) is 0 Å². The van der Waals surface area contributed by atoms with Gasteiger partial charge in [0.15, 0.2) is 0 Å². The SMILES string of the molecule is CCC(C)NS(=O)(=O)c1ccc(S(=O)(=O)N(CCc2ccccc2)Cc2cccs2)cc1. The number of hydrogen-bond donors (Lipinski definition) is 1. The fourth-order valence-corrected chi connectivity index (χ4v) is 6.66. The average molecular weight is 493 g/mol. The predicted molar refractivity (Wildman–Crippen MR) is 129 cm³/mol. The Labute approximate surface area is 195 Å². The maximum absolute atomic E-state index is 13.4. The highest BCUT2D eigenvalue weighted by Crippen LogP contribution is 2.23. The zero-order valence-corrected chi connectivity index (χ0v) is 20.6. The molecule has 32 heavy (non-hydrogen) atoms. The second-order valence-electron chi connectivity index (χ2n) is 7.56. The molecule has 6 nitrogen and oxygen atoms in total. The molecule has 0 aliphatic rings. The van der Waals surface area contributed by atoms with Gasteiger partial charge in [-0.3, -0.25) is 0 Å². The molecule has 172 valence electrons. The van der Waals surface area contributed by atoms with Gasteiger partial charge in [-0.15, -0.1) is 11.3 Å². The molecule has 0 saturated carbocycles. The molecule has 0 spiro atoms. The molecule has 0 aliphatic heterocycles. The topological polar surface area (TPSA) is 83.5 Å². The molecule has 1 aromatic heterocycles. The number of rotatable bonds is 11. The van der Waals surface area contributed by atoms with E-state index in [1.54, 1.807) is 6.92 Å². The van der Waals surface area contributed by atoms with Crippen LogP contribution in [0.2, 0.25) is 0 Å². The Kier molecular flexibility index (Phi) is 8.24. The molecule has 0 amide bonds. The largest absolute Gasteiger partial charge is 0.243 e. The van der Waals surface area contributed by atoms with Crippen molar-refractivity contribution in [1.82, 2.24) is 9.03 Å². The smallest absolute Gasteiger partial charge is 0.208 e. The lowest BCUT2D eigenvalue weighted by Crippen LogP contribution is -2.33. The maximum Gasteiger partial charge on any atom is 0.243 e. The van der Waals surface area contributed by atoms with Gasteiger partial charge < -0.3 is 0 Å². The number of thiophene rings is 1. The van der Waals surface area contributed by atoms with Crippen LogP contribution < -0.4 is 4.72 Å². The molecule has 1 atom stereocenters. The summed E-state index contributed by atoms with van der Waals surface area (Å²) >= 11 is 1.50. The summed E-state index contributed by atoms with van der Waals surface area (Å²) in [5.41, 5.74) is 1.05. The van der Waals surface area contributed by atoms with Crippen LogP contribution in [0.1, 0.15) is 30.7 Å². The predicted octanol–water partition coefficient (Wildman–Crippen LogP) is 4.26. The Morgan fingerprint density at radius 1 is 0.906 bits per heavy atom. The highest BCUT2D eigenvalue weighted by molar-refractivity contribution is 7.89. The normalized spacial score (nSPS) is 13.3. The van der Waals surface area contributed by atoms with Crippen LogP contribution >= 0.6 is 11.3 Å². The summed E-state index contributed by atoms with van der Waals surface area (Å²) < 4.78 is 55.9. The van der Waals surface area contributed by atoms with Gasteiger partial charge in [0, 0.05) is 24.0 Å². The molecular weight excluding hydrogens is 464 g/mol. The van der Waals surface area contributed by atoms with Crippen LogP contribution in [-0.2, 0) is 33.0 Å². The van der Waals surface area contributed by atoms with Crippen molar-refractivity contribution in [1.29, 1.82) is 0 Å². The van der Waals surface area contributed by atoms with E-state index in [1.807, 2.05) is 54.8 Å². The van der Waals surface area contributed by atoms with E-state index >= 15 is 0 Å². The number of nitrogens with one attached hydrogen (secondary N) is 1. The summed E-state index contributed by atoms with van der Waals surface area (Å²) in [4.78, 5) is 1.06. The summed E-state index contributed by atoms with van der Waals surface area (Å²) in [5, 5.41) is 1.92. The van der Waals surface area contributed by atoms with Gasteiger partial charge in [0.25, 0.3) is 0 Å². The van der Waals surface area contributed by atoms with E-state index in [1.165, 1.54) is 39.9 Å². The van der Waals surface area contributed by atoms with E-state index < -0.39 is 20.0 Å². The van der Waals surface area contributed by atoms with Crippen molar-refractivity contribution < 1.29 is 16.8 Å². The van der Waals surface area contributed by atoms with Crippen LogP contribution in [0, 0.1) is 0 Å². The minimum absolute atomic E-state index is 0.0471. The Balaban J connectivity index is 1.84. The molecule has 0 aliphatic carbocycles. The molecule has 2 aromatic carbocycles. The van der Waals surface area contributed by atoms with E-state index in [9.17, 15) is 16.8 Å². The third kappa shape index (κ3) is 6.26. The van der Waals surface area contributed by atoms with Gasteiger partial charge in [-0.05, 0) is 61.0 Å². The highest BCUT2D eigenvalue weighted by atomic mass is 32.2. The van der Waals surface area contributed by atoms with E-state index in [0.29, 0.717) is 19.4 Å². The first kappa shape index (κ1) is 24.6. The molecule has 1 N–H and O–H groups in total. The van der Waals surface area contributed by atoms with Crippen LogP contribution in [-0.4, -0.2) is 33.7 Å². The third-order valence-corrected chi connectivity index (χ3v) is 9.47. The van der Waals surface area contributed by atoms with Gasteiger partial charge in [-0.2, -0.15) is 4.31 Å². The lowest BCUT2D eigenvalue weighted by Gasteiger charge is -2.22. The lowest BCUT2D eigenvalue weighted by molar-refractivity contribution is 0.412. The summed E-state index contributed by atoms with van der Waals surface area (Å²) in [6.07, 6.45) is 1.24. The van der Waals surface area contributed by atoms with Crippen molar-refractivity contribution in [3.8, 4) is 0 Å². The summed E-state index contributed by atoms with van der Waals surface area (Å²) in [6, 6.07) is 18.8. The average Bonchev–Trinajstić information content (AvgIpc) is 3.30. The van der Waals surface area contributed by atoms with E-state index in [0.717, 1.165) is 10.4 Å². The Morgan fingerprint density at radius 2 is 1.56 bits per heavy atom. The number of benzene rings is 2. The number of sulfonamides is 2. The van der Waals surface area contributed by atoms with E-state index in [-0.39, 0.29) is 22.4 Å². The van der Waals surface area contributed by atoms with Crippen LogP contribution in [0.3, 0.4) is 0 Å². The minimum atomic E-state index is -3.81. The third-order valence-electron chi connectivity index (χ3n) is 5.15. The zero-order valence-electron chi connectivity index (χ0n) is 18.1. The van der Waals surface area contributed by atoms with Crippen LogP contribution in [0.5, 0.6) is 0 Å². The molecule has 1 unspecified atom stereocenters. The van der Waals surface area contributed by atoms with Crippen LogP contribution in [0.4, 0.5) is 0 Å². The summed E-state index contributed by atoms with van der Waals surface area (Å²) in [6.45, 7) is 4.26. The molecular formula is C23H28N2O4S3. The van der Waals surface area contributed by atoms with Crippen molar-refractivity contribution in [2.45, 2.75) is 49.1 Å². The van der Waals surface area contributed by atoms with E-state index in [4.69, 9.17) is 0 Å². The molecule has 3 aromatic rings. The van der Waals surface area contributed by atoms with Gasteiger partial charge >= 0.3 is 0 Å². The molecule has 0 radical (unpaired) electrons. The lowest BCUT2D eigenvalue weighted by atomic mass is 10.1. The van der Waals surface area contributed by atoms with E-state index in [2.05, 4.69) is 4.72 Å². The first-order valence-electron chi connectivity index (χ1n) is 10.4. The molecule has 0 saturated heterocycles. The Hall–Kier alpha value is -2.04. The van der Waals surface area contributed by atoms with Crippen molar-refractivity contribution in [3.63, 3.8) is 0 Å². The van der Waals surface area contributed by atoms with Crippen LogP contribution in [0.25, 0.3) is 0 Å². The molecule has 0 fully saturated rings. The van der Waals surface area contributed by atoms with Crippen molar-refractivity contribution in [3.05, 3.63) is 82.6 Å². The monoisotopic (exact) mass is 492 g/mol. The first-order chi connectivity index (χ1) is 15.2. The Bertz CT molecular complexity index is 1190. The molecule has 3 rings (SSSR count). The standard InChI is InChI=1S/C23H28N2O4S3/c1-3-19(2)24-31(26,27)22-11-13-23(14-12-22)32(28,29)25(18-21-10-7-17-30-21)16-15-20-8-5-4-6-9-20/h4-14,17,19,24H,3,15-16,18H2,1-2H3. The minimum Gasteiger partial charge on any atom is -0.208 e. The number of nitrogens with zero attached hydrogens (tertiary/aromatic N) is 1. The van der Waals surface area contributed by atoms with Crippen molar-refractivity contribution in [2.24, 2.45) is 0 Å². The van der Waals surface area contributed by atoms with Gasteiger partial charge in [0.05, 0.1) is 9.79 Å². The fraction of sp³-hybridized carbons (Fsp3) is 0.304. The first-order valence-corrected chi connectivity index (χ1v) is 14.2. The second-order valence-corrected chi connectivity index (χ2v) is 12.2. The van der Waals surface area contributed by atoms with Crippen molar-refractivity contribution in [2.75, 3.05) is 6.54 Å². The quantitative estimate of drug-likeness (QED) is 0.434. The molecule has 9 heteroatoms. The number of hydrogen-bond acceptors (Lipinski definition) is 5.